The molecule has 4 nitrogen and oxygen atoms in total. The third kappa shape index (κ3) is 5.57. The third-order valence-corrected chi connectivity index (χ3v) is 6.34. The number of amides is 1. The molecule has 0 radical (unpaired) electrons. The topological polar surface area (TPSA) is 41.6 Å². The highest BCUT2D eigenvalue weighted by molar-refractivity contribution is 5.76. The van der Waals surface area contributed by atoms with Crippen LogP contribution >= 0.6 is 0 Å². The molecule has 0 saturated carbocycles. The molecule has 1 N–H and O–H groups in total. The first-order valence-electron chi connectivity index (χ1n) is 11.5. The Morgan fingerprint density at radius 3 is 2.31 bits per heavy atom. The lowest BCUT2D eigenvalue weighted by Gasteiger charge is -2.29. The van der Waals surface area contributed by atoms with Crippen LogP contribution in [-0.4, -0.2) is 37.6 Å². The van der Waals surface area contributed by atoms with Crippen LogP contribution in [0.3, 0.4) is 0 Å². The van der Waals surface area contributed by atoms with E-state index in [2.05, 4.69) is 70.9 Å². The van der Waals surface area contributed by atoms with Crippen LogP contribution in [0.5, 0.6) is 5.75 Å². The van der Waals surface area contributed by atoms with Gasteiger partial charge in [0.25, 0.3) is 0 Å². The highest BCUT2D eigenvalue weighted by Gasteiger charge is 2.20. The summed E-state index contributed by atoms with van der Waals surface area (Å²) < 4.78 is 5.53. The van der Waals surface area contributed by atoms with Crippen molar-refractivity contribution in [1.29, 1.82) is 0 Å². The van der Waals surface area contributed by atoms with Crippen LogP contribution in [0.4, 0.5) is 0 Å². The quantitative estimate of drug-likeness (QED) is 0.533. The summed E-state index contributed by atoms with van der Waals surface area (Å²) in [6.07, 6.45) is 2.41. The number of nitrogens with one attached hydrogen (secondary N) is 1. The van der Waals surface area contributed by atoms with Crippen LogP contribution in [0.25, 0.3) is 0 Å². The zero-order valence-electron chi connectivity index (χ0n) is 18.8. The molecule has 0 aromatic heterocycles. The van der Waals surface area contributed by atoms with Gasteiger partial charge in [0, 0.05) is 44.1 Å². The second-order valence-electron chi connectivity index (χ2n) is 8.39. The molecule has 0 fully saturated rings. The van der Waals surface area contributed by atoms with Gasteiger partial charge in [-0.15, -0.1) is 0 Å². The Bertz CT molecular complexity index is 951. The largest absolute Gasteiger partial charge is 0.496 e. The molecule has 3 aromatic rings. The van der Waals surface area contributed by atoms with Crippen LogP contribution in [0.1, 0.15) is 41.0 Å². The lowest BCUT2D eigenvalue weighted by Crippen LogP contribution is -2.35. The summed E-state index contributed by atoms with van der Waals surface area (Å²) in [5.74, 6) is 1.35. The van der Waals surface area contributed by atoms with Crippen LogP contribution < -0.4 is 10.1 Å². The van der Waals surface area contributed by atoms with Gasteiger partial charge in [0.1, 0.15) is 5.75 Å². The van der Waals surface area contributed by atoms with Crippen LogP contribution in [0.2, 0.25) is 0 Å². The number of hydrogen-bond donors (Lipinski definition) is 1. The average molecular weight is 429 g/mol. The highest BCUT2D eigenvalue weighted by Crippen LogP contribution is 2.28. The van der Waals surface area contributed by atoms with Crippen LogP contribution in [0.15, 0.2) is 78.9 Å². The number of methoxy groups -OCH3 is 1. The molecule has 0 saturated heterocycles. The Balaban J connectivity index is 1.27. The summed E-state index contributed by atoms with van der Waals surface area (Å²) >= 11 is 0. The minimum absolute atomic E-state index is 0.121. The second-order valence-corrected chi connectivity index (χ2v) is 8.39. The molecule has 166 valence electrons. The number of ether oxygens (including phenoxy) is 1. The summed E-state index contributed by atoms with van der Waals surface area (Å²) in [6.45, 7) is 3.27. The van der Waals surface area contributed by atoms with Gasteiger partial charge < -0.3 is 10.1 Å². The Labute approximate surface area is 191 Å². The summed E-state index contributed by atoms with van der Waals surface area (Å²) in [5.41, 5.74) is 5.19. The minimum Gasteiger partial charge on any atom is -0.496 e. The molecule has 1 aliphatic heterocycles. The second kappa shape index (κ2) is 11.0. The normalized spacial score (nSPS) is 13.6. The molecule has 32 heavy (non-hydrogen) atoms. The summed E-state index contributed by atoms with van der Waals surface area (Å²) in [6, 6.07) is 27.3. The Morgan fingerprint density at radius 1 is 0.969 bits per heavy atom. The summed E-state index contributed by atoms with van der Waals surface area (Å²) in [5, 5.41) is 3.14. The fraction of sp³-hybridized carbons (Fsp3) is 0.321. The van der Waals surface area contributed by atoms with E-state index < -0.39 is 0 Å². The Hall–Kier alpha value is -3.11. The minimum atomic E-state index is 0.121. The number of fused-ring (bicyclic) bond motifs is 1. The maximum atomic E-state index is 12.5. The van der Waals surface area contributed by atoms with Gasteiger partial charge in [0.05, 0.1) is 7.11 Å². The fourth-order valence-corrected chi connectivity index (χ4v) is 4.59. The lowest BCUT2D eigenvalue weighted by atomic mass is 9.88. The molecule has 1 aliphatic rings. The van der Waals surface area contributed by atoms with Crippen molar-refractivity contribution in [3.8, 4) is 5.75 Å². The molecule has 4 heteroatoms. The molecule has 0 spiro atoms. The Kier molecular flexibility index (Phi) is 7.57. The molecule has 4 rings (SSSR count). The summed E-state index contributed by atoms with van der Waals surface area (Å²) in [7, 11) is 1.72. The predicted molar refractivity (Wildman–Crippen MR) is 129 cm³/mol. The van der Waals surface area contributed by atoms with Gasteiger partial charge in [-0.1, -0.05) is 72.8 Å². The van der Waals surface area contributed by atoms with Crippen LogP contribution in [0, 0.1) is 0 Å². The molecule has 3 aromatic carbocycles. The predicted octanol–water partition coefficient (Wildman–Crippen LogP) is 4.78. The standard InChI is InChI=1S/C28H32N2O2/c1-32-27-14-8-13-24-16-19-30(21-26(24)27)20-17-28(31)29-18-15-25(22-9-4-2-5-10-22)23-11-6-3-7-12-23/h2-14,25H,15-21H2,1H3,(H,29,31). The maximum Gasteiger partial charge on any atom is 0.221 e. The zero-order chi connectivity index (χ0) is 22.2. The monoisotopic (exact) mass is 428 g/mol. The molecular weight excluding hydrogens is 396 g/mol. The van der Waals surface area contributed by atoms with E-state index in [1.165, 1.54) is 22.3 Å². The lowest BCUT2D eigenvalue weighted by molar-refractivity contribution is -0.121. The van der Waals surface area contributed by atoms with Gasteiger partial charge in [-0.2, -0.15) is 0 Å². The summed E-state index contributed by atoms with van der Waals surface area (Å²) in [4.78, 5) is 14.9. The highest BCUT2D eigenvalue weighted by atomic mass is 16.5. The molecule has 0 bridgehead atoms. The van der Waals surface area contributed by atoms with Crippen molar-refractivity contribution >= 4 is 5.91 Å². The van der Waals surface area contributed by atoms with Crippen molar-refractivity contribution in [2.45, 2.75) is 31.7 Å². The molecule has 0 aliphatic carbocycles. The SMILES string of the molecule is COc1cccc2c1CN(CCC(=O)NCCC(c1ccccc1)c1ccccc1)CC2. The van der Waals surface area contributed by atoms with E-state index in [4.69, 9.17) is 4.74 Å². The molecule has 0 atom stereocenters. The smallest absolute Gasteiger partial charge is 0.221 e. The van der Waals surface area contributed by atoms with Crippen molar-refractivity contribution in [1.82, 2.24) is 10.2 Å². The van der Waals surface area contributed by atoms with E-state index in [1.54, 1.807) is 7.11 Å². The Morgan fingerprint density at radius 2 is 1.66 bits per heavy atom. The zero-order valence-corrected chi connectivity index (χ0v) is 18.8. The van der Waals surface area contributed by atoms with Gasteiger partial charge in [0.15, 0.2) is 0 Å². The van der Waals surface area contributed by atoms with E-state index in [9.17, 15) is 4.79 Å². The van der Waals surface area contributed by atoms with Gasteiger partial charge >= 0.3 is 0 Å². The average Bonchev–Trinajstić information content (AvgIpc) is 2.86. The first kappa shape index (κ1) is 22.1. The third-order valence-electron chi connectivity index (χ3n) is 6.34. The van der Waals surface area contributed by atoms with Gasteiger partial charge in [-0.3, -0.25) is 9.69 Å². The number of carbonyl (C=O) groups excluding carboxylic acids is 1. The van der Waals surface area contributed by atoms with Crippen molar-refractivity contribution in [3.63, 3.8) is 0 Å². The number of carbonyl (C=O) groups is 1. The number of nitrogens with zero attached hydrogens (tertiary/aromatic N) is 1. The van der Waals surface area contributed by atoms with E-state index in [0.717, 1.165) is 38.2 Å². The van der Waals surface area contributed by atoms with E-state index in [-0.39, 0.29) is 11.8 Å². The van der Waals surface area contributed by atoms with Crippen molar-refractivity contribution in [3.05, 3.63) is 101 Å². The first-order valence-corrected chi connectivity index (χ1v) is 11.5. The first-order chi connectivity index (χ1) is 15.7. The maximum absolute atomic E-state index is 12.5. The molecule has 1 heterocycles. The molecule has 0 unspecified atom stereocenters. The van der Waals surface area contributed by atoms with E-state index >= 15 is 0 Å². The van der Waals surface area contributed by atoms with E-state index in [0.29, 0.717) is 13.0 Å². The van der Waals surface area contributed by atoms with E-state index in [1.807, 2.05) is 18.2 Å². The van der Waals surface area contributed by atoms with Crippen LogP contribution in [-0.2, 0) is 17.8 Å². The van der Waals surface area contributed by atoms with Gasteiger partial charge in [-0.05, 0) is 35.6 Å². The van der Waals surface area contributed by atoms with Crippen molar-refractivity contribution < 1.29 is 9.53 Å². The number of rotatable bonds is 9. The number of hydrogen-bond acceptors (Lipinski definition) is 3. The fourth-order valence-electron chi connectivity index (χ4n) is 4.59. The molecule has 1 amide bonds. The van der Waals surface area contributed by atoms with Crippen molar-refractivity contribution in [2.75, 3.05) is 26.7 Å². The van der Waals surface area contributed by atoms with Crippen molar-refractivity contribution in [2.24, 2.45) is 0 Å². The number of benzene rings is 3. The van der Waals surface area contributed by atoms with Gasteiger partial charge in [0.2, 0.25) is 5.91 Å². The molecular formula is C28H32N2O2. The van der Waals surface area contributed by atoms with Gasteiger partial charge in [-0.25, -0.2) is 0 Å².